The van der Waals surface area contributed by atoms with Crippen LogP contribution in [-0.4, -0.2) is 34.9 Å². The summed E-state index contributed by atoms with van der Waals surface area (Å²) in [7, 11) is 0. The molecule has 5 heteroatoms. The van der Waals surface area contributed by atoms with Crippen LogP contribution in [-0.2, 0) is 19.1 Å². The van der Waals surface area contributed by atoms with Crippen LogP contribution in [0.25, 0.3) is 0 Å². The number of hydrogen-bond donors (Lipinski definition) is 1. The highest BCUT2D eigenvalue weighted by Crippen LogP contribution is 2.33. The topological polar surface area (TPSA) is 72.8 Å². The maximum Gasteiger partial charge on any atom is 0.334 e. The Bertz CT molecular complexity index is 585. The maximum absolute atomic E-state index is 12.3. The van der Waals surface area contributed by atoms with E-state index in [4.69, 9.17) is 9.47 Å². The van der Waals surface area contributed by atoms with Gasteiger partial charge in [0.2, 0.25) is 0 Å². The van der Waals surface area contributed by atoms with Crippen molar-refractivity contribution in [3.8, 4) is 0 Å². The van der Waals surface area contributed by atoms with Gasteiger partial charge in [-0.05, 0) is 63.9 Å². The molecule has 28 heavy (non-hydrogen) atoms. The predicted octanol–water partition coefficient (Wildman–Crippen LogP) is 4.59. The highest BCUT2D eigenvalue weighted by molar-refractivity contribution is 5.92. The van der Waals surface area contributed by atoms with E-state index < -0.39 is 23.1 Å². The van der Waals surface area contributed by atoms with Gasteiger partial charge in [0.25, 0.3) is 0 Å². The molecule has 0 amide bonds. The summed E-state index contributed by atoms with van der Waals surface area (Å²) < 4.78 is 10.7. The van der Waals surface area contributed by atoms with E-state index in [0.29, 0.717) is 23.3 Å². The molecule has 0 radical (unpaired) electrons. The van der Waals surface area contributed by atoms with Crippen molar-refractivity contribution in [1.82, 2.24) is 0 Å². The normalized spacial score (nSPS) is 22.1. The Hall–Kier alpha value is -1.62. The van der Waals surface area contributed by atoms with Crippen LogP contribution >= 0.6 is 0 Å². The molecule has 0 aromatic heterocycles. The molecule has 0 bridgehead atoms. The van der Waals surface area contributed by atoms with Crippen molar-refractivity contribution in [2.75, 3.05) is 6.61 Å². The van der Waals surface area contributed by atoms with Gasteiger partial charge in [-0.25, -0.2) is 9.59 Å². The number of aliphatic hydroxyl groups excluding tert-OH is 1. The van der Waals surface area contributed by atoms with E-state index in [1.54, 1.807) is 20.8 Å². The number of esters is 2. The van der Waals surface area contributed by atoms with Crippen molar-refractivity contribution in [3.63, 3.8) is 0 Å². The molecule has 0 aromatic rings. The Kier molecular flexibility index (Phi) is 8.93. The molecular formula is C23H38O5. The van der Waals surface area contributed by atoms with Crippen LogP contribution in [0.2, 0.25) is 0 Å². The number of ether oxygens (including phenoxy) is 2. The van der Waals surface area contributed by atoms with Gasteiger partial charge in [0.15, 0.2) is 5.60 Å². The van der Waals surface area contributed by atoms with Crippen molar-refractivity contribution in [3.05, 3.63) is 23.8 Å². The van der Waals surface area contributed by atoms with E-state index >= 15 is 0 Å². The van der Waals surface area contributed by atoms with E-state index in [9.17, 15) is 14.7 Å². The van der Waals surface area contributed by atoms with Crippen molar-refractivity contribution in [1.29, 1.82) is 0 Å². The SMILES string of the molecule is CC(C)CC(C/C=C1/CC(/C=C/C(=O)OC(C)(C)C)(CO)OC1=O)CC(C)C. The van der Waals surface area contributed by atoms with Crippen molar-refractivity contribution in [2.24, 2.45) is 17.8 Å². The zero-order valence-electron chi connectivity index (χ0n) is 18.6. The highest BCUT2D eigenvalue weighted by atomic mass is 16.6. The zero-order valence-corrected chi connectivity index (χ0v) is 18.6. The summed E-state index contributed by atoms with van der Waals surface area (Å²) in [5, 5.41) is 9.81. The Morgan fingerprint density at radius 2 is 1.79 bits per heavy atom. The molecule has 0 saturated carbocycles. The summed E-state index contributed by atoms with van der Waals surface area (Å²) in [5.41, 5.74) is -1.22. The molecule has 0 aromatic carbocycles. The minimum absolute atomic E-state index is 0.262. The monoisotopic (exact) mass is 394 g/mol. The first-order valence-electron chi connectivity index (χ1n) is 10.3. The van der Waals surface area contributed by atoms with Gasteiger partial charge in [-0.1, -0.05) is 33.8 Å². The summed E-state index contributed by atoms with van der Waals surface area (Å²) >= 11 is 0. The van der Waals surface area contributed by atoms with Crippen LogP contribution in [0.15, 0.2) is 23.8 Å². The van der Waals surface area contributed by atoms with Gasteiger partial charge in [-0.2, -0.15) is 0 Å². The highest BCUT2D eigenvalue weighted by Gasteiger charge is 2.41. The molecule has 1 heterocycles. The first-order valence-corrected chi connectivity index (χ1v) is 10.3. The molecule has 1 N–H and O–H groups in total. The summed E-state index contributed by atoms with van der Waals surface area (Å²) in [6, 6.07) is 0. The summed E-state index contributed by atoms with van der Waals surface area (Å²) in [6.07, 6.45) is 7.94. The molecule has 1 unspecified atom stereocenters. The molecule has 1 fully saturated rings. The fourth-order valence-corrected chi connectivity index (χ4v) is 3.56. The van der Waals surface area contributed by atoms with Crippen LogP contribution in [0.1, 0.15) is 74.1 Å². The van der Waals surface area contributed by atoms with Crippen LogP contribution in [0.4, 0.5) is 0 Å². The quantitative estimate of drug-likeness (QED) is 0.457. The Balaban J connectivity index is 2.84. The predicted molar refractivity (Wildman–Crippen MR) is 111 cm³/mol. The minimum atomic E-state index is -1.19. The van der Waals surface area contributed by atoms with E-state index in [1.165, 1.54) is 12.2 Å². The Labute approximate surface area is 170 Å². The van der Waals surface area contributed by atoms with Crippen molar-refractivity contribution >= 4 is 11.9 Å². The number of cyclic esters (lactones) is 1. The molecule has 0 spiro atoms. The Morgan fingerprint density at radius 1 is 1.21 bits per heavy atom. The third-order valence-corrected chi connectivity index (χ3v) is 4.55. The number of rotatable bonds is 9. The lowest BCUT2D eigenvalue weighted by Crippen LogP contribution is -2.31. The molecule has 1 atom stereocenters. The average molecular weight is 395 g/mol. The van der Waals surface area contributed by atoms with Gasteiger partial charge in [-0.15, -0.1) is 0 Å². The largest absolute Gasteiger partial charge is 0.457 e. The lowest BCUT2D eigenvalue weighted by Gasteiger charge is -2.21. The molecule has 5 nitrogen and oxygen atoms in total. The molecule has 1 aliphatic heterocycles. The standard InChI is InChI=1S/C23H38O5/c1-16(2)12-18(13-17(3)4)8-9-19-14-23(15-24,28-21(19)26)11-10-20(25)27-22(5,6)7/h9-11,16-18,24H,8,12-15H2,1-7H3/b11-10+,19-9-. The second kappa shape index (κ2) is 10.2. The molecule has 0 aliphatic carbocycles. The van der Waals surface area contributed by atoms with Crippen molar-refractivity contribution < 1.29 is 24.2 Å². The lowest BCUT2D eigenvalue weighted by molar-refractivity contribution is -0.150. The first kappa shape index (κ1) is 24.4. The number of carbonyl (C=O) groups excluding carboxylic acids is 2. The molecule has 1 aliphatic rings. The minimum Gasteiger partial charge on any atom is -0.457 e. The number of hydrogen-bond acceptors (Lipinski definition) is 5. The van der Waals surface area contributed by atoms with E-state index in [-0.39, 0.29) is 13.0 Å². The van der Waals surface area contributed by atoms with Gasteiger partial charge in [0.05, 0.1) is 6.61 Å². The fourth-order valence-electron chi connectivity index (χ4n) is 3.56. The Morgan fingerprint density at radius 3 is 2.25 bits per heavy atom. The first-order chi connectivity index (χ1) is 12.9. The van der Waals surface area contributed by atoms with Crippen LogP contribution in [0, 0.1) is 17.8 Å². The average Bonchev–Trinajstić information content (AvgIpc) is 2.85. The molecule has 160 valence electrons. The third-order valence-electron chi connectivity index (χ3n) is 4.55. The fraction of sp³-hybridized carbons (Fsp3) is 0.739. The summed E-state index contributed by atoms with van der Waals surface area (Å²) in [5.74, 6) is 0.775. The van der Waals surface area contributed by atoms with E-state index in [2.05, 4.69) is 27.7 Å². The molecule has 1 rings (SSSR count). The van der Waals surface area contributed by atoms with Crippen molar-refractivity contribution in [2.45, 2.75) is 85.4 Å². The molecular weight excluding hydrogens is 356 g/mol. The molecule has 1 saturated heterocycles. The van der Waals surface area contributed by atoms with Gasteiger partial charge >= 0.3 is 11.9 Å². The smallest absolute Gasteiger partial charge is 0.334 e. The zero-order chi connectivity index (χ0) is 21.5. The van der Waals surface area contributed by atoms with Crippen LogP contribution < -0.4 is 0 Å². The maximum atomic E-state index is 12.3. The number of carbonyl (C=O) groups is 2. The van der Waals surface area contributed by atoms with Crippen LogP contribution in [0.5, 0.6) is 0 Å². The number of allylic oxidation sites excluding steroid dienone is 1. The van der Waals surface area contributed by atoms with Gasteiger partial charge in [-0.3, -0.25) is 0 Å². The van der Waals surface area contributed by atoms with Gasteiger partial charge in [0, 0.05) is 18.1 Å². The number of aliphatic hydroxyl groups is 1. The van der Waals surface area contributed by atoms with Gasteiger partial charge in [0.1, 0.15) is 5.60 Å². The second-order valence-corrected chi connectivity index (χ2v) is 9.75. The van der Waals surface area contributed by atoms with Crippen LogP contribution in [0.3, 0.4) is 0 Å². The second-order valence-electron chi connectivity index (χ2n) is 9.75. The lowest BCUT2D eigenvalue weighted by atomic mass is 9.86. The summed E-state index contributed by atoms with van der Waals surface area (Å²) in [6.45, 7) is 13.8. The third kappa shape index (κ3) is 8.59. The summed E-state index contributed by atoms with van der Waals surface area (Å²) in [4.78, 5) is 24.2. The van der Waals surface area contributed by atoms with E-state index in [1.807, 2.05) is 6.08 Å². The van der Waals surface area contributed by atoms with E-state index in [0.717, 1.165) is 19.3 Å². The van der Waals surface area contributed by atoms with Gasteiger partial charge < -0.3 is 14.6 Å².